The second-order valence-electron chi connectivity index (χ2n) is 8.95. The van der Waals surface area contributed by atoms with Crippen molar-refractivity contribution >= 4 is 40.0 Å². The van der Waals surface area contributed by atoms with Crippen molar-refractivity contribution in [2.24, 2.45) is 0 Å². The number of ether oxygens (including phenoxy) is 2. The first-order valence-corrected chi connectivity index (χ1v) is 13.1. The summed E-state index contributed by atoms with van der Waals surface area (Å²) in [4.78, 5) is 20.5. The predicted octanol–water partition coefficient (Wildman–Crippen LogP) is 6.83. The minimum Gasteiger partial charge on any atom is -0.487 e. The Morgan fingerprint density at radius 3 is 2.62 bits per heavy atom. The number of hydrogen-bond donors (Lipinski definition) is 1. The number of para-hydroxylation sites is 1. The molecule has 5 aromatic rings. The maximum atomic E-state index is 11.4. The lowest BCUT2D eigenvalue weighted by molar-refractivity contribution is -0.119. The fraction of sp³-hybridized carbons (Fsp3) is 0.167. The summed E-state index contributed by atoms with van der Waals surface area (Å²) in [5.74, 6) is 1.18. The van der Waals surface area contributed by atoms with Gasteiger partial charge in [0, 0.05) is 52.7 Å². The molecule has 9 heteroatoms. The molecule has 0 spiro atoms. The minimum atomic E-state index is -0.108. The molecule has 0 radical (unpaired) electrons. The van der Waals surface area contributed by atoms with Crippen LogP contribution in [0.4, 0.5) is 0 Å². The summed E-state index contributed by atoms with van der Waals surface area (Å²) in [6.45, 7) is 4.24. The van der Waals surface area contributed by atoms with E-state index in [0.29, 0.717) is 45.8 Å². The van der Waals surface area contributed by atoms with Gasteiger partial charge in [-0.15, -0.1) is 0 Å². The van der Waals surface area contributed by atoms with E-state index >= 15 is 0 Å². The second kappa shape index (κ2) is 11.8. The zero-order valence-electron chi connectivity index (χ0n) is 21.4. The molecule has 7 nitrogen and oxygen atoms in total. The Kier molecular flexibility index (Phi) is 8.00. The number of nitrogens with zero attached hydrogens (tertiary/aromatic N) is 3. The van der Waals surface area contributed by atoms with Crippen LogP contribution in [0.2, 0.25) is 10.0 Å². The molecule has 0 bridgehead atoms. The van der Waals surface area contributed by atoms with Gasteiger partial charge in [-0.25, -0.2) is 4.98 Å². The lowest BCUT2D eigenvalue weighted by Gasteiger charge is -2.17. The first kappa shape index (κ1) is 26.5. The minimum absolute atomic E-state index is 0.108. The van der Waals surface area contributed by atoms with E-state index in [1.54, 1.807) is 12.3 Å². The van der Waals surface area contributed by atoms with Gasteiger partial charge in [0.2, 0.25) is 5.91 Å². The van der Waals surface area contributed by atoms with E-state index < -0.39 is 0 Å². The zero-order valence-corrected chi connectivity index (χ0v) is 23.0. The van der Waals surface area contributed by atoms with Crippen molar-refractivity contribution < 1.29 is 14.3 Å². The van der Waals surface area contributed by atoms with E-state index in [-0.39, 0.29) is 12.5 Å². The highest BCUT2D eigenvalue weighted by Gasteiger charge is 2.17. The SMILES string of the molecule is CC(=O)NCc1cccn1-c1ccc(Cl)c(COc2cccc3c(OCc4ccccn4)cc(C)nc23)c1Cl. The summed E-state index contributed by atoms with van der Waals surface area (Å²) in [5, 5.41) is 4.60. The van der Waals surface area contributed by atoms with Gasteiger partial charge in [0.05, 0.1) is 22.9 Å². The van der Waals surface area contributed by atoms with E-state index in [9.17, 15) is 4.79 Å². The molecule has 0 aliphatic heterocycles. The maximum absolute atomic E-state index is 11.4. The van der Waals surface area contributed by atoms with Crippen molar-refractivity contribution in [3.8, 4) is 17.2 Å². The average molecular weight is 561 g/mol. The van der Waals surface area contributed by atoms with Gasteiger partial charge in [-0.2, -0.15) is 0 Å². The monoisotopic (exact) mass is 560 g/mol. The number of benzene rings is 2. The Morgan fingerprint density at radius 1 is 0.974 bits per heavy atom. The van der Waals surface area contributed by atoms with E-state index in [0.717, 1.165) is 28.2 Å². The largest absolute Gasteiger partial charge is 0.487 e. The first-order valence-electron chi connectivity index (χ1n) is 12.3. The molecule has 39 heavy (non-hydrogen) atoms. The molecule has 0 saturated carbocycles. The molecule has 0 atom stereocenters. The van der Waals surface area contributed by atoms with Gasteiger partial charge in [-0.1, -0.05) is 35.3 Å². The Balaban J connectivity index is 1.42. The molecule has 198 valence electrons. The highest BCUT2D eigenvalue weighted by atomic mass is 35.5. The predicted molar refractivity (Wildman–Crippen MR) is 153 cm³/mol. The van der Waals surface area contributed by atoms with Gasteiger partial charge in [0.1, 0.15) is 30.2 Å². The highest BCUT2D eigenvalue weighted by Crippen LogP contribution is 2.35. The highest BCUT2D eigenvalue weighted by molar-refractivity contribution is 6.37. The zero-order chi connectivity index (χ0) is 27.4. The summed E-state index contributed by atoms with van der Waals surface area (Å²) in [7, 11) is 0. The molecule has 0 aliphatic rings. The molecule has 0 aliphatic carbocycles. The smallest absolute Gasteiger partial charge is 0.217 e. The number of rotatable bonds is 9. The molecule has 0 unspecified atom stereocenters. The normalized spacial score (nSPS) is 11.0. The third-order valence-electron chi connectivity index (χ3n) is 6.14. The number of pyridine rings is 2. The number of nitrogens with one attached hydrogen (secondary N) is 1. The van der Waals surface area contributed by atoms with E-state index in [4.69, 9.17) is 37.7 Å². The Labute approximate surface area is 236 Å². The molecule has 2 aromatic carbocycles. The Hall–Kier alpha value is -4.07. The van der Waals surface area contributed by atoms with E-state index in [2.05, 4.69) is 10.3 Å². The van der Waals surface area contributed by atoms with Crippen molar-refractivity contribution in [1.82, 2.24) is 19.9 Å². The van der Waals surface area contributed by atoms with Crippen molar-refractivity contribution in [3.05, 3.63) is 112 Å². The number of aryl methyl sites for hydroxylation is 1. The van der Waals surface area contributed by atoms with Gasteiger partial charge in [-0.05, 0) is 55.5 Å². The summed E-state index contributed by atoms with van der Waals surface area (Å²) in [5.41, 5.74) is 4.58. The van der Waals surface area contributed by atoms with Crippen LogP contribution < -0.4 is 14.8 Å². The van der Waals surface area contributed by atoms with Crippen LogP contribution in [0, 0.1) is 6.92 Å². The van der Waals surface area contributed by atoms with Gasteiger partial charge >= 0.3 is 0 Å². The molecular formula is C30H26Cl2N4O3. The number of fused-ring (bicyclic) bond motifs is 1. The number of halogens is 2. The summed E-state index contributed by atoms with van der Waals surface area (Å²) in [6, 6.07) is 20.8. The van der Waals surface area contributed by atoms with Crippen LogP contribution in [0.25, 0.3) is 16.6 Å². The number of carbonyl (C=O) groups excluding carboxylic acids is 1. The van der Waals surface area contributed by atoms with Gasteiger partial charge in [0.25, 0.3) is 0 Å². The molecule has 5 rings (SSSR count). The number of aromatic nitrogens is 3. The molecule has 0 saturated heterocycles. The standard InChI is InChI=1S/C30H26Cl2N4O3/c1-19-15-28(38-17-21-7-3-4-13-33-21)23-9-5-10-27(30(23)35-19)39-18-24-25(31)11-12-26(29(24)32)36-14-6-8-22(36)16-34-20(2)37/h3-15H,16-18H2,1-2H3,(H,34,37). The molecule has 3 heterocycles. The topological polar surface area (TPSA) is 78.3 Å². The molecule has 0 fully saturated rings. The Morgan fingerprint density at radius 2 is 1.82 bits per heavy atom. The lowest BCUT2D eigenvalue weighted by atomic mass is 10.1. The van der Waals surface area contributed by atoms with Crippen molar-refractivity contribution in [2.45, 2.75) is 33.6 Å². The fourth-order valence-electron chi connectivity index (χ4n) is 4.25. The van der Waals surface area contributed by atoms with Crippen molar-refractivity contribution in [1.29, 1.82) is 0 Å². The number of carbonyl (C=O) groups is 1. The van der Waals surface area contributed by atoms with Crippen LogP contribution >= 0.6 is 23.2 Å². The van der Waals surface area contributed by atoms with Crippen LogP contribution in [-0.4, -0.2) is 20.4 Å². The number of hydrogen-bond acceptors (Lipinski definition) is 5. The van der Waals surface area contributed by atoms with Crippen molar-refractivity contribution in [3.63, 3.8) is 0 Å². The van der Waals surface area contributed by atoms with Crippen LogP contribution in [0.5, 0.6) is 11.5 Å². The third kappa shape index (κ3) is 6.00. The molecule has 1 N–H and O–H groups in total. The molecule has 3 aromatic heterocycles. The average Bonchev–Trinajstić information content (AvgIpc) is 3.39. The second-order valence-corrected chi connectivity index (χ2v) is 9.74. The maximum Gasteiger partial charge on any atom is 0.217 e. The quantitative estimate of drug-likeness (QED) is 0.214. The third-order valence-corrected chi connectivity index (χ3v) is 6.92. The van der Waals surface area contributed by atoms with Crippen LogP contribution in [0.3, 0.4) is 0 Å². The van der Waals surface area contributed by atoms with Gasteiger partial charge in [-0.3, -0.25) is 9.78 Å². The van der Waals surface area contributed by atoms with Crippen LogP contribution in [0.15, 0.2) is 79.1 Å². The van der Waals surface area contributed by atoms with Gasteiger partial charge < -0.3 is 19.4 Å². The molecule has 1 amide bonds. The summed E-state index contributed by atoms with van der Waals surface area (Å²) < 4.78 is 14.3. The summed E-state index contributed by atoms with van der Waals surface area (Å²) in [6.07, 6.45) is 3.63. The van der Waals surface area contributed by atoms with Crippen LogP contribution in [0.1, 0.15) is 29.6 Å². The Bertz CT molecular complexity index is 1640. The van der Waals surface area contributed by atoms with E-state index in [1.807, 2.05) is 78.4 Å². The van der Waals surface area contributed by atoms with Crippen LogP contribution in [-0.2, 0) is 24.6 Å². The van der Waals surface area contributed by atoms with Gasteiger partial charge in [0.15, 0.2) is 0 Å². The number of amides is 1. The molecular weight excluding hydrogens is 535 g/mol. The lowest BCUT2D eigenvalue weighted by Crippen LogP contribution is -2.20. The van der Waals surface area contributed by atoms with E-state index in [1.165, 1.54) is 6.92 Å². The summed E-state index contributed by atoms with van der Waals surface area (Å²) >= 11 is 13.4. The van der Waals surface area contributed by atoms with Crippen molar-refractivity contribution in [2.75, 3.05) is 0 Å². The first-order chi connectivity index (χ1) is 18.9. The fourth-order valence-corrected chi connectivity index (χ4v) is 4.82.